The van der Waals surface area contributed by atoms with Crippen LogP contribution in [0.5, 0.6) is 0 Å². The molecule has 1 saturated heterocycles. The number of carbonyl (C=O) groups is 2. The molecule has 1 heterocycles. The lowest BCUT2D eigenvalue weighted by Gasteiger charge is -2.41. The summed E-state index contributed by atoms with van der Waals surface area (Å²) in [5.41, 5.74) is 5.61. The molecule has 0 aromatic heterocycles. The number of halogens is 3. The van der Waals surface area contributed by atoms with E-state index in [-0.39, 0.29) is 36.8 Å². The first-order valence-corrected chi connectivity index (χ1v) is 16.7. The first-order chi connectivity index (χ1) is 22.0. The molecule has 4 aromatic carbocycles. The Balaban J connectivity index is 1.36. The molecule has 1 aliphatic heterocycles. The molecular formula is C35H32Cl3NO6S. The number of amides is 1. The maximum Gasteiger partial charge on any atom is 0.336 e. The van der Waals surface area contributed by atoms with Crippen LogP contribution >= 0.6 is 46.6 Å². The molecule has 0 unspecified atom stereocenters. The average molecular weight is 701 g/mol. The highest BCUT2D eigenvalue weighted by Crippen LogP contribution is 2.43. The van der Waals surface area contributed by atoms with Crippen LogP contribution in [0.4, 0.5) is 0 Å². The zero-order valence-electron chi connectivity index (χ0n) is 24.7. The Hall–Kier alpha value is -3.08. The fourth-order valence-corrected chi connectivity index (χ4v) is 6.64. The molecule has 0 bridgehead atoms. The van der Waals surface area contributed by atoms with Gasteiger partial charge >= 0.3 is 5.97 Å². The fraction of sp³-hybridized carbons (Fsp3) is 0.257. The maximum atomic E-state index is 12.0. The van der Waals surface area contributed by atoms with E-state index in [0.29, 0.717) is 10.6 Å². The molecule has 3 N–H and O–H groups in total. The highest BCUT2D eigenvalue weighted by molar-refractivity contribution is 7.99. The lowest BCUT2D eigenvalue weighted by atomic mass is 9.91. The van der Waals surface area contributed by atoms with Gasteiger partial charge in [0.25, 0.3) is 9.70 Å². The van der Waals surface area contributed by atoms with Crippen LogP contribution in [0.2, 0.25) is 0 Å². The van der Waals surface area contributed by atoms with Crippen LogP contribution in [-0.2, 0) is 27.4 Å². The molecule has 1 amide bonds. The maximum absolute atomic E-state index is 12.0. The van der Waals surface area contributed by atoms with Gasteiger partial charge in [0, 0.05) is 28.7 Å². The molecule has 0 spiro atoms. The van der Waals surface area contributed by atoms with E-state index in [9.17, 15) is 19.8 Å². The molecular weight excluding hydrogens is 669 g/mol. The summed E-state index contributed by atoms with van der Waals surface area (Å²) in [7, 11) is 0. The van der Waals surface area contributed by atoms with Crippen LogP contribution in [0.3, 0.4) is 0 Å². The zero-order chi connectivity index (χ0) is 32.8. The van der Waals surface area contributed by atoms with Crippen molar-refractivity contribution < 1.29 is 29.3 Å². The van der Waals surface area contributed by atoms with Crippen molar-refractivity contribution in [1.82, 2.24) is 5.32 Å². The van der Waals surface area contributed by atoms with Crippen molar-refractivity contribution in [3.05, 3.63) is 125 Å². The molecule has 0 radical (unpaired) electrons. The molecule has 46 heavy (non-hydrogen) atoms. The molecule has 240 valence electrons. The second kappa shape index (κ2) is 15.2. The number of thioether (sulfide) groups is 1. The highest BCUT2D eigenvalue weighted by Gasteiger charge is 2.38. The minimum absolute atomic E-state index is 0.0474. The smallest absolute Gasteiger partial charge is 0.336 e. The molecule has 1 aliphatic rings. The molecule has 11 heteroatoms. The van der Waals surface area contributed by atoms with Crippen LogP contribution in [0.1, 0.15) is 51.9 Å². The number of hydrogen-bond acceptors (Lipinski definition) is 6. The Kier molecular flexibility index (Phi) is 11.3. The summed E-state index contributed by atoms with van der Waals surface area (Å²) < 4.78 is 11.1. The minimum atomic E-state index is -2.03. The number of nitrogens with one attached hydrogen (secondary N) is 1. The third kappa shape index (κ3) is 8.44. The summed E-state index contributed by atoms with van der Waals surface area (Å²) >= 11 is 18.4. The normalized spacial score (nSPS) is 19.8. The lowest BCUT2D eigenvalue weighted by molar-refractivity contribution is -0.268. The number of aromatic carboxylic acids is 1. The Labute approximate surface area is 286 Å². The van der Waals surface area contributed by atoms with Gasteiger partial charge < -0.3 is 25.0 Å². The standard InChI is InChI=1S/C35H32Cl3NO6S/c1-21-29(20-46-30-8-3-2-7-28(30)32(41)42)44-33(45-31(21)25-11-9-22(19-40)10-12-25)26-15-13-24(14-16-26)27-6-4-5-23(17-27)18-39-34(43)35(36,37)38/h2-17,21,29,31,33,40H,18-20H2,1H3,(H,39,43)(H,41,42)/t21-,29+,31+,33+/m0/s1. The Morgan fingerprint density at radius 3 is 2.22 bits per heavy atom. The quantitative estimate of drug-likeness (QED) is 0.113. The molecule has 0 aliphatic carbocycles. The average Bonchev–Trinajstić information content (AvgIpc) is 3.06. The zero-order valence-corrected chi connectivity index (χ0v) is 27.8. The van der Waals surface area contributed by atoms with E-state index in [4.69, 9.17) is 44.3 Å². The second-order valence-electron chi connectivity index (χ2n) is 10.9. The van der Waals surface area contributed by atoms with Crippen molar-refractivity contribution >= 4 is 58.4 Å². The Bertz CT molecular complexity index is 1660. The molecule has 4 aromatic rings. The van der Waals surface area contributed by atoms with Crippen molar-refractivity contribution in [1.29, 1.82) is 0 Å². The van der Waals surface area contributed by atoms with Gasteiger partial charge in [-0.3, -0.25) is 4.79 Å². The summed E-state index contributed by atoms with van der Waals surface area (Å²) in [6.45, 7) is 2.23. The van der Waals surface area contributed by atoms with Crippen molar-refractivity contribution in [3.8, 4) is 11.1 Å². The van der Waals surface area contributed by atoms with Crippen molar-refractivity contribution in [2.45, 2.75) is 47.3 Å². The van der Waals surface area contributed by atoms with Crippen LogP contribution in [0.15, 0.2) is 102 Å². The minimum Gasteiger partial charge on any atom is -0.478 e. The van der Waals surface area contributed by atoms with Gasteiger partial charge in [-0.1, -0.05) is 121 Å². The van der Waals surface area contributed by atoms with E-state index in [2.05, 4.69) is 12.2 Å². The number of aliphatic hydroxyl groups is 1. The summed E-state index contributed by atoms with van der Waals surface area (Å²) in [6.07, 6.45) is -1.23. The molecule has 1 fully saturated rings. The predicted molar refractivity (Wildman–Crippen MR) is 181 cm³/mol. The third-order valence-electron chi connectivity index (χ3n) is 7.80. The number of hydrogen-bond donors (Lipinski definition) is 3. The van der Waals surface area contributed by atoms with Crippen molar-refractivity contribution in [2.75, 3.05) is 5.75 Å². The number of carboxylic acid groups (broad SMARTS) is 1. The topological polar surface area (TPSA) is 105 Å². The van der Waals surface area contributed by atoms with Gasteiger partial charge in [0.1, 0.15) is 0 Å². The van der Waals surface area contributed by atoms with Gasteiger partial charge in [-0.05, 0) is 46.0 Å². The van der Waals surface area contributed by atoms with Gasteiger partial charge in [0.2, 0.25) is 0 Å². The first kappa shape index (κ1) is 34.3. The predicted octanol–water partition coefficient (Wildman–Crippen LogP) is 8.11. The number of carboxylic acids is 1. The number of rotatable bonds is 10. The first-order valence-electron chi connectivity index (χ1n) is 14.5. The lowest BCUT2D eigenvalue weighted by Crippen LogP contribution is -2.38. The van der Waals surface area contributed by atoms with E-state index in [0.717, 1.165) is 33.4 Å². The molecule has 4 atom stereocenters. The van der Waals surface area contributed by atoms with Crippen LogP contribution in [-0.4, -0.2) is 37.7 Å². The van der Waals surface area contributed by atoms with E-state index in [1.807, 2.05) is 84.9 Å². The summed E-state index contributed by atoms with van der Waals surface area (Å²) in [5, 5.41) is 21.8. The summed E-state index contributed by atoms with van der Waals surface area (Å²) in [6, 6.07) is 30.2. The number of alkyl halides is 3. The third-order valence-corrected chi connectivity index (χ3v) is 9.47. The Morgan fingerprint density at radius 2 is 1.54 bits per heavy atom. The van der Waals surface area contributed by atoms with Gasteiger partial charge in [0.05, 0.1) is 24.4 Å². The van der Waals surface area contributed by atoms with Crippen LogP contribution < -0.4 is 5.32 Å². The highest BCUT2D eigenvalue weighted by atomic mass is 35.6. The van der Waals surface area contributed by atoms with Crippen LogP contribution in [0.25, 0.3) is 11.1 Å². The number of ether oxygens (including phenoxy) is 2. The van der Waals surface area contributed by atoms with E-state index >= 15 is 0 Å². The number of benzene rings is 4. The van der Waals surface area contributed by atoms with Crippen molar-refractivity contribution in [2.24, 2.45) is 5.92 Å². The number of carbonyl (C=O) groups excluding carboxylic acids is 1. The molecule has 5 rings (SSSR count). The Morgan fingerprint density at radius 1 is 0.848 bits per heavy atom. The monoisotopic (exact) mass is 699 g/mol. The van der Waals surface area contributed by atoms with Crippen molar-refractivity contribution in [3.63, 3.8) is 0 Å². The summed E-state index contributed by atoms with van der Waals surface area (Å²) in [5.74, 6) is -1.19. The molecule has 0 saturated carbocycles. The van der Waals surface area contributed by atoms with E-state index in [1.54, 1.807) is 12.1 Å². The van der Waals surface area contributed by atoms with E-state index in [1.165, 1.54) is 11.8 Å². The largest absolute Gasteiger partial charge is 0.478 e. The SMILES string of the molecule is C[C@H]1[C@@H](CSc2ccccc2C(=O)O)O[C@@H](c2ccc(-c3cccc(CNC(=O)C(Cl)(Cl)Cl)c3)cc2)O[C@H]1c1ccc(CO)cc1. The van der Waals surface area contributed by atoms with Gasteiger partial charge in [-0.2, -0.15) is 0 Å². The summed E-state index contributed by atoms with van der Waals surface area (Å²) in [4.78, 5) is 24.4. The number of aliphatic hydroxyl groups excluding tert-OH is 1. The molecule has 7 nitrogen and oxygen atoms in total. The van der Waals surface area contributed by atoms with Crippen LogP contribution in [0, 0.1) is 5.92 Å². The van der Waals surface area contributed by atoms with Gasteiger partial charge in [0.15, 0.2) is 6.29 Å². The van der Waals surface area contributed by atoms with Gasteiger partial charge in [-0.15, -0.1) is 11.8 Å². The van der Waals surface area contributed by atoms with Gasteiger partial charge in [-0.25, -0.2) is 4.79 Å². The second-order valence-corrected chi connectivity index (χ2v) is 14.3. The fourth-order valence-electron chi connectivity index (χ4n) is 5.23. The van der Waals surface area contributed by atoms with E-state index < -0.39 is 22.0 Å².